The number of hydrogen-bond acceptors (Lipinski definition) is 2. The number of hydrogen-bond donors (Lipinski definition) is 1. The lowest BCUT2D eigenvalue weighted by molar-refractivity contribution is -0.133. The van der Waals surface area contributed by atoms with E-state index in [-0.39, 0.29) is 11.8 Å². The van der Waals surface area contributed by atoms with Crippen LogP contribution in [0.5, 0.6) is 0 Å². The summed E-state index contributed by atoms with van der Waals surface area (Å²) in [4.78, 5) is 25.7. The van der Waals surface area contributed by atoms with Crippen molar-refractivity contribution in [2.75, 3.05) is 4.90 Å². The number of carbonyl (C=O) groups excluding carboxylic acids is 2. The lowest BCUT2D eigenvalue weighted by Crippen LogP contribution is -2.62. The molecule has 0 aliphatic carbocycles. The van der Waals surface area contributed by atoms with Crippen LogP contribution < -0.4 is 10.2 Å². The van der Waals surface area contributed by atoms with Gasteiger partial charge in [-0.15, -0.1) is 0 Å². The molecule has 0 bridgehead atoms. The molecule has 18 heavy (non-hydrogen) atoms. The lowest BCUT2D eigenvalue weighted by atomic mass is 10.1. The molecule has 2 unspecified atom stereocenters. The number of nitrogens with one attached hydrogen (secondary N) is 1. The summed E-state index contributed by atoms with van der Waals surface area (Å²) < 4.78 is 0.944. The van der Waals surface area contributed by atoms with Crippen LogP contribution in [0, 0.1) is 0 Å². The molecule has 1 fully saturated rings. The van der Waals surface area contributed by atoms with Gasteiger partial charge in [-0.3, -0.25) is 14.5 Å². The van der Waals surface area contributed by atoms with Gasteiger partial charge in [-0.05, 0) is 37.6 Å². The Hall–Kier alpha value is -1.36. The number of halogens is 1. The van der Waals surface area contributed by atoms with E-state index in [4.69, 9.17) is 0 Å². The van der Waals surface area contributed by atoms with Gasteiger partial charge in [-0.2, -0.15) is 0 Å². The van der Waals surface area contributed by atoms with Gasteiger partial charge in [0.05, 0.1) is 0 Å². The molecule has 0 saturated carbocycles. The van der Waals surface area contributed by atoms with Gasteiger partial charge in [0.1, 0.15) is 12.1 Å². The largest absolute Gasteiger partial charge is 0.343 e. The molecule has 96 valence electrons. The first kappa shape index (κ1) is 13.1. The molecule has 5 heteroatoms. The maximum atomic E-state index is 12.3. The fourth-order valence-corrected chi connectivity index (χ4v) is 2.32. The van der Waals surface area contributed by atoms with E-state index in [0.717, 1.165) is 10.2 Å². The highest BCUT2D eigenvalue weighted by molar-refractivity contribution is 9.10. The van der Waals surface area contributed by atoms with Crippen LogP contribution in [0.25, 0.3) is 0 Å². The Morgan fingerprint density at radius 3 is 2.44 bits per heavy atom. The molecule has 0 radical (unpaired) electrons. The molecule has 0 aromatic heterocycles. The molecule has 1 N–H and O–H groups in total. The summed E-state index contributed by atoms with van der Waals surface area (Å²) >= 11 is 3.35. The molecule has 2 atom stereocenters. The number of rotatable bonds is 2. The molecular formula is C13H15BrN2O2. The van der Waals surface area contributed by atoms with Gasteiger partial charge in [-0.1, -0.05) is 22.9 Å². The second-order valence-corrected chi connectivity index (χ2v) is 5.25. The first-order chi connectivity index (χ1) is 8.54. The third kappa shape index (κ3) is 2.27. The average molecular weight is 311 g/mol. The van der Waals surface area contributed by atoms with Gasteiger partial charge in [0.15, 0.2) is 0 Å². The Morgan fingerprint density at radius 1 is 1.28 bits per heavy atom. The Balaban J connectivity index is 2.36. The number of anilines is 1. The van der Waals surface area contributed by atoms with Crippen LogP contribution in [0.1, 0.15) is 20.3 Å². The Morgan fingerprint density at radius 2 is 1.89 bits per heavy atom. The molecule has 2 amide bonds. The van der Waals surface area contributed by atoms with Gasteiger partial charge < -0.3 is 5.32 Å². The minimum absolute atomic E-state index is 0.0491. The number of benzene rings is 1. The van der Waals surface area contributed by atoms with E-state index in [2.05, 4.69) is 21.2 Å². The molecular weight excluding hydrogens is 296 g/mol. The molecule has 1 aromatic rings. The van der Waals surface area contributed by atoms with Crippen LogP contribution in [0.4, 0.5) is 5.69 Å². The second-order valence-electron chi connectivity index (χ2n) is 4.33. The summed E-state index contributed by atoms with van der Waals surface area (Å²) in [6, 6.07) is 6.51. The standard InChI is InChI=1S/C13H15BrN2O2/c1-3-11-13(18)16(8(2)12(17)15-11)10-6-4-9(14)5-7-10/h4-8,11H,3H2,1-2H3,(H,15,17). The van der Waals surface area contributed by atoms with Crippen molar-refractivity contribution in [2.24, 2.45) is 0 Å². The van der Waals surface area contributed by atoms with Gasteiger partial charge >= 0.3 is 0 Å². The average Bonchev–Trinajstić information content (AvgIpc) is 2.36. The molecule has 0 spiro atoms. The normalized spacial score (nSPS) is 24.1. The van der Waals surface area contributed by atoms with Gasteiger partial charge in [0.2, 0.25) is 11.8 Å². The van der Waals surface area contributed by atoms with Crippen molar-refractivity contribution < 1.29 is 9.59 Å². The maximum Gasteiger partial charge on any atom is 0.250 e. The Bertz CT molecular complexity index is 472. The Labute approximate surface area is 114 Å². The van der Waals surface area contributed by atoms with E-state index in [1.54, 1.807) is 11.8 Å². The minimum atomic E-state index is -0.471. The SMILES string of the molecule is CCC1NC(=O)C(C)N(c2ccc(Br)cc2)C1=O. The third-order valence-electron chi connectivity index (χ3n) is 3.13. The number of carbonyl (C=O) groups is 2. The highest BCUT2D eigenvalue weighted by Gasteiger charge is 2.37. The summed E-state index contributed by atoms with van der Waals surface area (Å²) in [5, 5.41) is 2.74. The van der Waals surface area contributed by atoms with Crippen molar-refractivity contribution in [1.29, 1.82) is 0 Å². The zero-order valence-electron chi connectivity index (χ0n) is 10.3. The van der Waals surface area contributed by atoms with Gasteiger partial charge in [0.25, 0.3) is 0 Å². The number of amides is 2. The zero-order valence-corrected chi connectivity index (χ0v) is 11.9. The zero-order chi connectivity index (χ0) is 13.3. The molecule has 1 saturated heterocycles. The topological polar surface area (TPSA) is 49.4 Å². The summed E-state index contributed by atoms with van der Waals surface area (Å²) in [6.45, 7) is 3.62. The maximum absolute atomic E-state index is 12.3. The predicted molar refractivity (Wildman–Crippen MR) is 73.3 cm³/mol. The summed E-state index contributed by atoms with van der Waals surface area (Å²) in [6.07, 6.45) is 0.602. The van der Waals surface area contributed by atoms with Crippen LogP contribution >= 0.6 is 15.9 Å². The first-order valence-corrected chi connectivity index (χ1v) is 6.73. The molecule has 1 aliphatic heterocycles. The highest BCUT2D eigenvalue weighted by Crippen LogP contribution is 2.24. The summed E-state index contributed by atoms with van der Waals surface area (Å²) in [7, 11) is 0. The number of nitrogens with zero attached hydrogens (tertiary/aromatic N) is 1. The molecule has 1 aromatic carbocycles. The smallest absolute Gasteiger partial charge is 0.250 e. The molecule has 1 aliphatic rings. The van der Waals surface area contributed by atoms with Crippen molar-refractivity contribution in [3.8, 4) is 0 Å². The quantitative estimate of drug-likeness (QED) is 0.909. The van der Waals surface area contributed by atoms with E-state index in [9.17, 15) is 9.59 Å². The van der Waals surface area contributed by atoms with Crippen LogP contribution in [0.2, 0.25) is 0 Å². The minimum Gasteiger partial charge on any atom is -0.343 e. The van der Waals surface area contributed by atoms with Crippen molar-refractivity contribution in [2.45, 2.75) is 32.4 Å². The van der Waals surface area contributed by atoms with Gasteiger partial charge in [0, 0.05) is 10.2 Å². The van der Waals surface area contributed by atoms with E-state index in [1.807, 2.05) is 31.2 Å². The van der Waals surface area contributed by atoms with Crippen molar-refractivity contribution in [3.05, 3.63) is 28.7 Å². The summed E-state index contributed by atoms with van der Waals surface area (Å²) in [5.74, 6) is -0.156. The monoisotopic (exact) mass is 310 g/mol. The highest BCUT2D eigenvalue weighted by atomic mass is 79.9. The van der Waals surface area contributed by atoms with Crippen LogP contribution in [-0.2, 0) is 9.59 Å². The molecule has 1 heterocycles. The third-order valence-corrected chi connectivity index (χ3v) is 3.66. The van der Waals surface area contributed by atoms with E-state index in [1.165, 1.54) is 0 Å². The van der Waals surface area contributed by atoms with Crippen LogP contribution in [0.3, 0.4) is 0 Å². The second kappa shape index (κ2) is 5.10. The van der Waals surface area contributed by atoms with Crippen molar-refractivity contribution in [1.82, 2.24) is 5.32 Å². The van der Waals surface area contributed by atoms with Crippen LogP contribution in [0.15, 0.2) is 28.7 Å². The van der Waals surface area contributed by atoms with E-state index >= 15 is 0 Å². The van der Waals surface area contributed by atoms with Crippen molar-refractivity contribution in [3.63, 3.8) is 0 Å². The van der Waals surface area contributed by atoms with Crippen molar-refractivity contribution >= 4 is 33.4 Å². The van der Waals surface area contributed by atoms with E-state index < -0.39 is 12.1 Å². The summed E-state index contributed by atoms with van der Waals surface area (Å²) in [5.41, 5.74) is 0.754. The lowest BCUT2D eigenvalue weighted by Gasteiger charge is -2.37. The predicted octanol–water partition coefficient (Wildman–Crippen LogP) is 2.08. The van der Waals surface area contributed by atoms with Crippen LogP contribution in [-0.4, -0.2) is 23.9 Å². The number of piperazine rings is 1. The first-order valence-electron chi connectivity index (χ1n) is 5.93. The Kier molecular flexibility index (Phi) is 3.71. The fraction of sp³-hybridized carbons (Fsp3) is 0.385. The fourth-order valence-electron chi connectivity index (χ4n) is 2.06. The molecule has 4 nitrogen and oxygen atoms in total. The van der Waals surface area contributed by atoms with E-state index in [0.29, 0.717) is 6.42 Å². The molecule has 2 rings (SSSR count). The van der Waals surface area contributed by atoms with Gasteiger partial charge in [-0.25, -0.2) is 0 Å².